The zero-order valence-corrected chi connectivity index (χ0v) is 19.7. The molecular weight excluding hydrogens is 499 g/mol. The van der Waals surface area contributed by atoms with Crippen LogP contribution in [0.25, 0.3) is 11.2 Å². The molecule has 0 radical (unpaired) electrons. The molecule has 0 aromatic carbocycles. The molecule has 3 saturated heterocycles. The van der Waals surface area contributed by atoms with E-state index in [-0.39, 0.29) is 30.3 Å². The highest BCUT2D eigenvalue weighted by Crippen LogP contribution is 2.58. The zero-order chi connectivity index (χ0) is 25.1. The van der Waals surface area contributed by atoms with Crippen LogP contribution in [0.4, 0.5) is 10.7 Å². The molecule has 3 aromatic heterocycles. The van der Waals surface area contributed by atoms with Gasteiger partial charge in [-0.3, -0.25) is 32.9 Å². The van der Waals surface area contributed by atoms with E-state index in [0.717, 1.165) is 5.56 Å². The number of H-pyrrole nitrogens is 1. The maximum atomic E-state index is 13.2. The monoisotopic (exact) mass is 520 g/mol. The van der Waals surface area contributed by atoms with Crippen molar-refractivity contribution in [1.29, 1.82) is 0 Å². The van der Waals surface area contributed by atoms with Crippen molar-refractivity contribution < 1.29 is 37.1 Å². The number of pyridine rings is 1. The molecule has 3 aliphatic heterocycles. The summed E-state index contributed by atoms with van der Waals surface area (Å²) in [6.07, 6.45) is 0.628. The van der Waals surface area contributed by atoms with E-state index in [2.05, 4.69) is 19.9 Å². The lowest BCUT2D eigenvalue weighted by Crippen LogP contribution is -2.42. The number of imidazole rings is 1. The van der Waals surface area contributed by atoms with E-state index in [1.165, 1.54) is 10.9 Å². The lowest BCUT2D eigenvalue weighted by molar-refractivity contribution is -0.0924. The van der Waals surface area contributed by atoms with Gasteiger partial charge in [-0.2, -0.15) is 4.98 Å². The average molecular weight is 520 g/mol. The number of ether oxygens (including phenoxy) is 3. The standard InChI is InChI=1S/C20H21N6O9P/c1-20-14(33-19(28)34-20)12(32-17(20)26-9-23-15-13(26)16(27)25-18(21)24-15)8-31-36(29)30-6-4-11(35-36)10-3-2-5-22-7-10/h2-3,5,7,9,11-12,14,17H,4,6,8H2,1H3,(H3,21,24,25,27)/t11-,12-,14-,17-,20-,36+/m1/s1. The molecule has 190 valence electrons. The highest BCUT2D eigenvalue weighted by Gasteiger charge is 2.64. The Morgan fingerprint density at radius 2 is 2.25 bits per heavy atom. The lowest BCUT2D eigenvalue weighted by Gasteiger charge is -2.29. The van der Waals surface area contributed by atoms with Crippen LogP contribution in [0, 0.1) is 0 Å². The predicted molar refractivity (Wildman–Crippen MR) is 118 cm³/mol. The number of hydrogen-bond acceptors (Lipinski definition) is 13. The molecule has 0 unspecified atom stereocenters. The third-order valence-electron chi connectivity index (χ3n) is 6.27. The molecule has 6 atom stereocenters. The van der Waals surface area contributed by atoms with Crippen LogP contribution in [0.3, 0.4) is 0 Å². The van der Waals surface area contributed by atoms with Gasteiger partial charge in [0, 0.05) is 18.8 Å². The van der Waals surface area contributed by atoms with E-state index in [1.807, 2.05) is 0 Å². The molecule has 0 bridgehead atoms. The van der Waals surface area contributed by atoms with Gasteiger partial charge in [0.1, 0.15) is 12.4 Å². The molecule has 36 heavy (non-hydrogen) atoms. The second-order valence-corrected chi connectivity index (χ2v) is 10.2. The van der Waals surface area contributed by atoms with Gasteiger partial charge in [-0.15, -0.1) is 0 Å². The normalized spacial score (nSPS) is 33.9. The quantitative estimate of drug-likeness (QED) is 0.364. The smallest absolute Gasteiger partial charge is 0.424 e. The summed E-state index contributed by atoms with van der Waals surface area (Å²) in [7, 11) is -3.98. The number of carbonyl (C=O) groups excluding carboxylic acids is 1. The molecule has 6 rings (SSSR count). The molecule has 0 saturated carbocycles. The topological polar surface area (TPSA) is 192 Å². The number of nitrogens with one attached hydrogen (secondary N) is 1. The van der Waals surface area contributed by atoms with E-state index in [0.29, 0.717) is 6.42 Å². The van der Waals surface area contributed by atoms with E-state index < -0.39 is 49.7 Å². The zero-order valence-electron chi connectivity index (χ0n) is 18.8. The van der Waals surface area contributed by atoms with Crippen molar-refractivity contribution in [2.24, 2.45) is 0 Å². The van der Waals surface area contributed by atoms with Crippen LogP contribution in [0.1, 0.15) is 31.2 Å². The maximum Gasteiger partial charge on any atom is 0.509 e. The Labute approximate surface area is 202 Å². The Morgan fingerprint density at radius 1 is 1.39 bits per heavy atom. The van der Waals surface area contributed by atoms with Crippen molar-refractivity contribution in [3.8, 4) is 0 Å². The van der Waals surface area contributed by atoms with Crippen LogP contribution in [-0.2, 0) is 32.3 Å². The molecule has 16 heteroatoms. The molecule has 3 N–H and O–H groups in total. The second kappa shape index (κ2) is 8.35. The molecule has 3 aliphatic rings. The summed E-state index contributed by atoms with van der Waals surface area (Å²) in [5, 5.41) is 0. The number of nitrogens with zero attached hydrogens (tertiary/aromatic N) is 4. The van der Waals surface area contributed by atoms with Gasteiger partial charge in [-0.1, -0.05) is 6.07 Å². The minimum atomic E-state index is -3.98. The summed E-state index contributed by atoms with van der Waals surface area (Å²) in [6, 6.07) is 3.55. The highest BCUT2D eigenvalue weighted by molar-refractivity contribution is 7.48. The lowest BCUT2D eigenvalue weighted by atomic mass is 9.96. The number of rotatable bonds is 5. The van der Waals surface area contributed by atoms with Crippen molar-refractivity contribution in [3.63, 3.8) is 0 Å². The number of anilines is 1. The Hall–Kier alpha value is -3.36. The summed E-state index contributed by atoms with van der Waals surface area (Å²) in [4.78, 5) is 39.2. The Bertz CT molecular complexity index is 1430. The van der Waals surface area contributed by atoms with Crippen LogP contribution in [0.2, 0.25) is 0 Å². The second-order valence-electron chi connectivity index (χ2n) is 8.62. The van der Waals surface area contributed by atoms with Gasteiger partial charge in [0.05, 0.1) is 19.3 Å². The fraction of sp³-hybridized carbons (Fsp3) is 0.450. The minimum absolute atomic E-state index is 0.0600. The van der Waals surface area contributed by atoms with Crippen molar-refractivity contribution >= 4 is 31.1 Å². The molecular formula is C20H21N6O9P. The number of phosphoric ester groups is 1. The fourth-order valence-corrected chi connectivity index (χ4v) is 6.04. The highest BCUT2D eigenvalue weighted by atomic mass is 31.2. The number of aromatic nitrogens is 5. The third kappa shape index (κ3) is 3.76. The van der Waals surface area contributed by atoms with Gasteiger partial charge in [0.25, 0.3) is 5.56 Å². The van der Waals surface area contributed by atoms with Crippen LogP contribution >= 0.6 is 7.82 Å². The summed E-state index contributed by atoms with van der Waals surface area (Å²) < 4.78 is 48.1. The number of nitrogen functional groups attached to an aromatic ring is 1. The maximum absolute atomic E-state index is 13.2. The van der Waals surface area contributed by atoms with E-state index in [1.54, 1.807) is 31.5 Å². The fourth-order valence-electron chi connectivity index (χ4n) is 4.64. The first kappa shape index (κ1) is 23.1. The van der Waals surface area contributed by atoms with Gasteiger partial charge in [0.15, 0.2) is 29.1 Å². The van der Waals surface area contributed by atoms with Gasteiger partial charge in [-0.25, -0.2) is 14.3 Å². The first-order valence-corrected chi connectivity index (χ1v) is 12.5. The molecule has 0 aliphatic carbocycles. The molecule has 3 fully saturated rings. The molecule has 0 amide bonds. The van der Waals surface area contributed by atoms with Gasteiger partial charge in [0.2, 0.25) is 5.95 Å². The largest absolute Gasteiger partial charge is 0.509 e. The van der Waals surface area contributed by atoms with Crippen LogP contribution in [-0.4, -0.2) is 61.7 Å². The molecule has 0 spiro atoms. The van der Waals surface area contributed by atoms with E-state index in [4.69, 9.17) is 33.5 Å². The Balaban J connectivity index is 1.25. The SMILES string of the molecule is C[C@@]12OC(=O)O[C@@H]1[C@@H](CO[P@]1(=O)OCC[C@H](c3cccnc3)O1)O[C@H]2n1cnc2nc(N)[nH]c(=O)c21. The van der Waals surface area contributed by atoms with Gasteiger partial charge in [-0.05, 0) is 18.6 Å². The average Bonchev–Trinajstić information content (AvgIpc) is 3.47. The van der Waals surface area contributed by atoms with Crippen LogP contribution < -0.4 is 11.3 Å². The third-order valence-corrected chi connectivity index (χ3v) is 7.75. The number of hydrogen-bond donors (Lipinski definition) is 2. The number of fused-ring (bicyclic) bond motifs is 2. The molecule has 6 heterocycles. The summed E-state index contributed by atoms with van der Waals surface area (Å²) in [5.74, 6) is -0.0992. The summed E-state index contributed by atoms with van der Waals surface area (Å²) >= 11 is 0. The first-order valence-electron chi connectivity index (χ1n) is 11.0. The first-order chi connectivity index (χ1) is 17.3. The van der Waals surface area contributed by atoms with Gasteiger partial charge >= 0.3 is 14.0 Å². The minimum Gasteiger partial charge on any atom is -0.424 e. The predicted octanol–water partition coefficient (Wildman–Crippen LogP) is 1.59. The molecule has 3 aromatic rings. The summed E-state index contributed by atoms with van der Waals surface area (Å²) in [6.45, 7) is 1.41. The number of carbonyl (C=O) groups is 1. The van der Waals surface area contributed by atoms with Crippen LogP contribution in [0.5, 0.6) is 0 Å². The van der Waals surface area contributed by atoms with Crippen molar-refractivity contribution in [2.45, 2.75) is 43.5 Å². The summed E-state index contributed by atoms with van der Waals surface area (Å²) in [5.41, 5.74) is 4.56. The van der Waals surface area contributed by atoms with E-state index in [9.17, 15) is 14.2 Å². The molecule has 15 nitrogen and oxygen atoms in total. The Morgan fingerprint density at radius 3 is 3.06 bits per heavy atom. The Kier molecular flexibility index (Phi) is 5.35. The number of nitrogens with two attached hydrogens (primary N) is 1. The number of phosphoric acid groups is 1. The van der Waals surface area contributed by atoms with Crippen LogP contribution in [0.15, 0.2) is 35.6 Å². The van der Waals surface area contributed by atoms with Gasteiger partial charge < -0.3 is 19.9 Å². The van der Waals surface area contributed by atoms with Crippen molar-refractivity contribution in [1.82, 2.24) is 24.5 Å². The van der Waals surface area contributed by atoms with Crippen molar-refractivity contribution in [2.75, 3.05) is 18.9 Å². The van der Waals surface area contributed by atoms with Crippen molar-refractivity contribution in [3.05, 3.63) is 46.8 Å². The van der Waals surface area contributed by atoms with E-state index >= 15 is 0 Å². The number of aromatic amines is 1.